The van der Waals surface area contributed by atoms with Gasteiger partial charge in [-0.15, -0.1) is 0 Å². The molecule has 33 heavy (non-hydrogen) atoms. The minimum absolute atomic E-state index is 0.0103. The number of fused-ring (bicyclic) bond motifs is 1. The number of ether oxygens (including phenoxy) is 1. The average Bonchev–Trinajstić information content (AvgIpc) is 3.74. The van der Waals surface area contributed by atoms with Gasteiger partial charge in [-0.05, 0) is 54.8 Å². The van der Waals surface area contributed by atoms with Crippen LogP contribution in [0.15, 0.2) is 42.6 Å². The van der Waals surface area contributed by atoms with Crippen LogP contribution in [0.1, 0.15) is 18.5 Å². The molecule has 2 amide bonds. The molecule has 3 aromatic rings. The Morgan fingerprint density at radius 3 is 2.61 bits per heavy atom. The molecule has 0 spiro atoms. The summed E-state index contributed by atoms with van der Waals surface area (Å²) in [7, 11) is 0. The van der Waals surface area contributed by atoms with Crippen LogP contribution in [0, 0.1) is 11.7 Å². The van der Waals surface area contributed by atoms with Gasteiger partial charge in [0, 0.05) is 29.8 Å². The maximum absolute atomic E-state index is 13.6. The zero-order valence-corrected chi connectivity index (χ0v) is 17.8. The highest BCUT2D eigenvalue weighted by Gasteiger charge is 2.37. The highest BCUT2D eigenvalue weighted by Crippen LogP contribution is 2.38. The molecule has 1 atom stereocenters. The number of nitrogens with one attached hydrogen (secondary N) is 1. The van der Waals surface area contributed by atoms with Crippen LogP contribution in [0.25, 0.3) is 22.4 Å². The molecular formula is C24H22FN5O3. The van der Waals surface area contributed by atoms with Gasteiger partial charge in [-0.3, -0.25) is 14.3 Å². The van der Waals surface area contributed by atoms with Crippen LogP contribution in [0.4, 0.5) is 10.2 Å². The van der Waals surface area contributed by atoms with Crippen molar-refractivity contribution in [1.29, 1.82) is 0 Å². The fourth-order valence-corrected chi connectivity index (χ4v) is 4.24. The quantitative estimate of drug-likeness (QED) is 0.608. The third kappa shape index (κ3) is 3.89. The van der Waals surface area contributed by atoms with Crippen molar-refractivity contribution in [3.8, 4) is 22.4 Å². The molecule has 3 aliphatic rings. The van der Waals surface area contributed by atoms with E-state index in [2.05, 4.69) is 10.3 Å². The summed E-state index contributed by atoms with van der Waals surface area (Å²) in [6, 6.07) is 9.91. The Bertz CT molecular complexity index is 1250. The van der Waals surface area contributed by atoms with E-state index in [1.807, 2.05) is 16.8 Å². The third-order valence-electron chi connectivity index (χ3n) is 6.27. The lowest BCUT2D eigenvalue weighted by Crippen LogP contribution is -2.40. The van der Waals surface area contributed by atoms with Crippen molar-refractivity contribution in [1.82, 2.24) is 19.7 Å². The first-order valence-corrected chi connectivity index (χ1v) is 11.1. The zero-order chi connectivity index (χ0) is 22.5. The molecule has 9 heteroatoms. The van der Waals surface area contributed by atoms with Crippen LogP contribution in [-0.2, 0) is 27.4 Å². The first-order valence-electron chi connectivity index (χ1n) is 11.1. The van der Waals surface area contributed by atoms with E-state index in [9.17, 15) is 14.0 Å². The van der Waals surface area contributed by atoms with Gasteiger partial charge in [0.25, 0.3) is 5.91 Å². The molecule has 2 aromatic heterocycles. The number of hydrogen-bond donors (Lipinski definition) is 1. The Kier molecular flexibility index (Phi) is 4.72. The Labute approximate surface area is 189 Å². The molecule has 2 fully saturated rings. The molecule has 1 unspecified atom stereocenters. The summed E-state index contributed by atoms with van der Waals surface area (Å²) >= 11 is 0. The number of aromatic nitrogens is 3. The summed E-state index contributed by atoms with van der Waals surface area (Å²) in [6.07, 6.45) is 3.13. The Hall–Kier alpha value is -3.59. The summed E-state index contributed by atoms with van der Waals surface area (Å²) in [5.74, 6) is 0.197. The number of carbonyl (C=O) groups is 2. The van der Waals surface area contributed by atoms with Gasteiger partial charge in [0.1, 0.15) is 17.3 Å². The minimum Gasteiger partial charge on any atom is -0.363 e. The van der Waals surface area contributed by atoms with Gasteiger partial charge in [0.05, 0.1) is 25.4 Å². The average molecular weight is 447 g/mol. The Morgan fingerprint density at radius 2 is 1.88 bits per heavy atom. The Morgan fingerprint density at radius 1 is 1.09 bits per heavy atom. The number of rotatable bonds is 5. The van der Waals surface area contributed by atoms with Crippen LogP contribution in [0.5, 0.6) is 0 Å². The monoisotopic (exact) mass is 447 g/mol. The lowest BCUT2D eigenvalue weighted by molar-refractivity contribution is -0.134. The van der Waals surface area contributed by atoms with E-state index in [-0.39, 0.29) is 29.7 Å². The van der Waals surface area contributed by atoms with Crippen molar-refractivity contribution in [2.75, 3.05) is 18.5 Å². The van der Waals surface area contributed by atoms with E-state index in [4.69, 9.17) is 9.84 Å². The van der Waals surface area contributed by atoms with Crippen LogP contribution >= 0.6 is 0 Å². The molecule has 1 saturated carbocycles. The van der Waals surface area contributed by atoms with Crippen molar-refractivity contribution in [3.63, 3.8) is 0 Å². The summed E-state index contributed by atoms with van der Waals surface area (Å²) in [5.41, 5.74) is 4.04. The second-order valence-electron chi connectivity index (χ2n) is 8.68. The summed E-state index contributed by atoms with van der Waals surface area (Å²) in [4.78, 5) is 31.0. The fraction of sp³-hybridized carbons (Fsp3) is 0.333. The molecule has 1 saturated heterocycles. The maximum Gasteiger partial charge on any atom is 0.254 e. The van der Waals surface area contributed by atoms with E-state index in [0.717, 1.165) is 35.2 Å². The molecule has 0 radical (unpaired) electrons. The highest BCUT2D eigenvalue weighted by atomic mass is 19.1. The lowest BCUT2D eigenvalue weighted by atomic mass is 9.98. The zero-order valence-electron chi connectivity index (χ0n) is 17.8. The normalized spacial score (nSPS) is 19.2. The number of anilines is 1. The lowest BCUT2D eigenvalue weighted by Gasteiger charge is -2.28. The number of epoxide rings is 1. The van der Waals surface area contributed by atoms with Crippen LogP contribution in [0.3, 0.4) is 0 Å². The third-order valence-corrected chi connectivity index (χ3v) is 6.27. The number of nitrogens with zero attached hydrogens (tertiary/aromatic N) is 4. The second-order valence-corrected chi connectivity index (χ2v) is 8.68. The highest BCUT2D eigenvalue weighted by molar-refractivity contribution is 5.94. The Balaban J connectivity index is 1.42. The van der Waals surface area contributed by atoms with Crippen molar-refractivity contribution >= 4 is 17.6 Å². The van der Waals surface area contributed by atoms with E-state index >= 15 is 0 Å². The molecule has 4 heterocycles. The molecule has 8 nitrogen and oxygen atoms in total. The molecule has 1 N–H and O–H groups in total. The van der Waals surface area contributed by atoms with Crippen molar-refractivity contribution in [3.05, 3.63) is 54.1 Å². The van der Waals surface area contributed by atoms with Gasteiger partial charge in [0.15, 0.2) is 6.10 Å². The van der Waals surface area contributed by atoms with E-state index in [1.54, 1.807) is 23.2 Å². The molecule has 6 rings (SSSR count). The van der Waals surface area contributed by atoms with Gasteiger partial charge >= 0.3 is 0 Å². The van der Waals surface area contributed by atoms with Gasteiger partial charge in [-0.2, -0.15) is 5.10 Å². The molecular weight excluding hydrogens is 425 g/mol. The number of hydrogen-bond acceptors (Lipinski definition) is 5. The predicted molar refractivity (Wildman–Crippen MR) is 117 cm³/mol. The van der Waals surface area contributed by atoms with Crippen LogP contribution < -0.4 is 5.32 Å². The van der Waals surface area contributed by atoms with Gasteiger partial charge < -0.3 is 15.0 Å². The fourth-order valence-electron chi connectivity index (χ4n) is 4.24. The topological polar surface area (TPSA) is 92.7 Å². The summed E-state index contributed by atoms with van der Waals surface area (Å²) in [5, 5.41) is 7.72. The summed E-state index contributed by atoms with van der Waals surface area (Å²) in [6.45, 7) is 1.97. The van der Waals surface area contributed by atoms with E-state index < -0.39 is 0 Å². The molecule has 2 aliphatic heterocycles. The van der Waals surface area contributed by atoms with Crippen LogP contribution in [-0.4, -0.2) is 50.7 Å². The van der Waals surface area contributed by atoms with Crippen molar-refractivity contribution in [2.45, 2.75) is 32.0 Å². The van der Waals surface area contributed by atoms with Crippen molar-refractivity contribution in [2.24, 2.45) is 5.92 Å². The van der Waals surface area contributed by atoms with Crippen molar-refractivity contribution < 1.29 is 18.7 Å². The van der Waals surface area contributed by atoms with E-state index in [0.29, 0.717) is 37.8 Å². The maximum atomic E-state index is 13.6. The first kappa shape index (κ1) is 20.0. The SMILES string of the molecule is O=C(Nc1cc(-c2c(-c3ccc(F)cc3)nn3c2CN(C(=O)C2CO2)CC3)ccn1)C1CC1. The minimum atomic E-state index is -0.343. The van der Waals surface area contributed by atoms with E-state index in [1.165, 1.54) is 12.1 Å². The number of amides is 2. The number of benzene rings is 1. The first-order chi connectivity index (χ1) is 16.1. The largest absolute Gasteiger partial charge is 0.363 e. The number of pyridine rings is 1. The molecule has 0 bridgehead atoms. The molecule has 1 aliphatic carbocycles. The van der Waals surface area contributed by atoms with Crippen LogP contribution in [0.2, 0.25) is 0 Å². The van der Waals surface area contributed by atoms with Gasteiger partial charge in [0.2, 0.25) is 5.91 Å². The second kappa shape index (κ2) is 7.77. The van der Waals surface area contributed by atoms with Gasteiger partial charge in [-0.25, -0.2) is 9.37 Å². The molecule has 1 aromatic carbocycles. The number of carbonyl (C=O) groups excluding carboxylic acids is 2. The molecule has 168 valence electrons. The summed E-state index contributed by atoms with van der Waals surface area (Å²) < 4.78 is 20.7. The smallest absolute Gasteiger partial charge is 0.254 e. The van der Waals surface area contributed by atoms with Gasteiger partial charge in [-0.1, -0.05) is 0 Å². The predicted octanol–water partition coefficient (Wildman–Crippen LogP) is 2.84. The number of halogens is 1. The standard InChI is InChI=1S/C24H22FN5O3/c25-17-5-3-14(4-6-17)22-21(16-7-8-26-20(11-16)27-23(31)15-1-2-15)18-12-29(9-10-30(18)28-22)24(32)19-13-33-19/h3-8,11,15,19H,1-2,9-10,12-13H2,(H,26,27,31).